The van der Waals surface area contributed by atoms with Gasteiger partial charge in [-0.25, -0.2) is 0 Å². The normalized spacial score (nSPS) is 10.3. The van der Waals surface area contributed by atoms with E-state index in [1.54, 1.807) is 11.3 Å². The molecule has 16 heavy (non-hydrogen) atoms. The number of nitrogens with one attached hydrogen (secondary N) is 2. The van der Waals surface area contributed by atoms with Crippen LogP contribution in [0.5, 0.6) is 0 Å². The molecule has 2 aromatic rings. The van der Waals surface area contributed by atoms with E-state index in [2.05, 4.69) is 21.6 Å². The summed E-state index contributed by atoms with van der Waals surface area (Å²) in [4.78, 5) is 0. The lowest BCUT2D eigenvalue weighted by Crippen LogP contribution is -2.01. The Balaban J connectivity index is 2.11. The Labute approximate surface area is 97.8 Å². The van der Waals surface area contributed by atoms with Gasteiger partial charge in [0.15, 0.2) is 5.90 Å². The zero-order chi connectivity index (χ0) is 11.4. The van der Waals surface area contributed by atoms with E-state index in [0.29, 0.717) is 12.3 Å². The van der Waals surface area contributed by atoms with Crippen LogP contribution in [0.4, 0.5) is 0 Å². The molecule has 0 atom stereocenters. The first-order valence-corrected chi connectivity index (χ1v) is 5.91. The van der Waals surface area contributed by atoms with Crippen LogP contribution in [-0.4, -0.2) is 23.2 Å². The van der Waals surface area contributed by atoms with Crippen molar-refractivity contribution in [3.8, 4) is 11.3 Å². The first kappa shape index (κ1) is 10.9. The van der Waals surface area contributed by atoms with Crippen LogP contribution in [0.3, 0.4) is 0 Å². The average molecular weight is 235 g/mol. The van der Waals surface area contributed by atoms with Gasteiger partial charge in [-0.2, -0.15) is 16.4 Å². The van der Waals surface area contributed by atoms with E-state index >= 15 is 0 Å². The summed E-state index contributed by atoms with van der Waals surface area (Å²) in [5, 5.41) is 18.6. The van der Waals surface area contributed by atoms with Crippen molar-refractivity contribution < 1.29 is 4.74 Å². The predicted molar refractivity (Wildman–Crippen MR) is 65.0 cm³/mol. The molecule has 0 amide bonds. The number of H-pyrrole nitrogens is 1. The monoisotopic (exact) mass is 235 g/mol. The Hall–Kier alpha value is -1.62. The number of thiophene rings is 1. The second kappa shape index (κ2) is 4.94. The van der Waals surface area contributed by atoms with Gasteiger partial charge in [0.25, 0.3) is 0 Å². The minimum absolute atomic E-state index is 0.303. The molecular formula is C11H13N3OS. The number of rotatable bonds is 4. The molecule has 2 N–H and O–H groups in total. The first-order chi connectivity index (χ1) is 7.81. The molecule has 0 saturated carbocycles. The average Bonchev–Trinajstić information content (AvgIpc) is 2.95. The number of nitrogens with zero attached hydrogens (tertiary/aromatic N) is 1. The molecule has 84 valence electrons. The molecule has 0 aliphatic heterocycles. The van der Waals surface area contributed by atoms with Crippen LogP contribution in [0, 0.1) is 5.41 Å². The van der Waals surface area contributed by atoms with Crippen LogP contribution in [0.2, 0.25) is 0 Å². The minimum Gasteiger partial charge on any atom is -0.484 e. The van der Waals surface area contributed by atoms with Gasteiger partial charge in [0.05, 0.1) is 19.0 Å². The maximum absolute atomic E-state index is 7.43. The fourth-order valence-corrected chi connectivity index (χ4v) is 2.15. The van der Waals surface area contributed by atoms with Gasteiger partial charge in [0.1, 0.15) is 0 Å². The van der Waals surface area contributed by atoms with E-state index in [1.807, 2.05) is 11.6 Å². The number of hydrogen-bond donors (Lipinski definition) is 2. The van der Waals surface area contributed by atoms with Gasteiger partial charge >= 0.3 is 0 Å². The van der Waals surface area contributed by atoms with E-state index in [-0.39, 0.29) is 0 Å². The molecule has 0 aliphatic carbocycles. The highest BCUT2D eigenvalue weighted by atomic mass is 32.1. The zero-order valence-electron chi connectivity index (χ0n) is 8.99. The lowest BCUT2D eigenvalue weighted by Gasteiger charge is -2.02. The molecule has 0 radical (unpaired) electrons. The van der Waals surface area contributed by atoms with Crippen molar-refractivity contribution in [2.75, 3.05) is 7.11 Å². The molecule has 0 fully saturated rings. The Bertz CT molecular complexity index is 461. The molecule has 5 heteroatoms. The topological polar surface area (TPSA) is 61.8 Å². The summed E-state index contributed by atoms with van der Waals surface area (Å²) < 4.78 is 4.83. The van der Waals surface area contributed by atoms with Gasteiger partial charge < -0.3 is 4.74 Å². The SMILES string of the molecule is COC(=N)CCc1cn[nH]c1-c1ccsc1. The molecule has 2 heterocycles. The van der Waals surface area contributed by atoms with Crippen molar-refractivity contribution in [3.05, 3.63) is 28.6 Å². The molecule has 0 aromatic carbocycles. The van der Waals surface area contributed by atoms with Crippen molar-refractivity contribution in [1.29, 1.82) is 5.41 Å². The van der Waals surface area contributed by atoms with Gasteiger partial charge in [-0.05, 0) is 23.4 Å². The van der Waals surface area contributed by atoms with Crippen LogP contribution in [0.15, 0.2) is 23.0 Å². The largest absolute Gasteiger partial charge is 0.484 e. The van der Waals surface area contributed by atoms with Gasteiger partial charge in [-0.1, -0.05) is 0 Å². The molecular weight excluding hydrogens is 222 g/mol. The number of aromatic amines is 1. The number of methoxy groups -OCH3 is 1. The van der Waals surface area contributed by atoms with Crippen molar-refractivity contribution in [3.63, 3.8) is 0 Å². The van der Waals surface area contributed by atoms with Crippen LogP contribution >= 0.6 is 11.3 Å². The first-order valence-electron chi connectivity index (χ1n) is 4.97. The molecule has 0 saturated heterocycles. The third kappa shape index (κ3) is 2.30. The maximum Gasteiger partial charge on any atom is 0.180 e. The van der Waals surface area contributed by atoms with Crippen LogP contribution in [0.1, 0.15) is 12.0 Å². The lowest BCUT2D eigenvalue weighted by atomic mass is 10.1. The maximum atomic E-state index is 7.43. The second-order valence-corrected chi connectivity index (χ2v) is 4.19. The third-order valence-corrected chi connectivity index (χ3v) is 3.08. The van der Waals surface area contributed by atoms with Crippen molar-refractivity contribution in [1.82, 2.24) is 10.2 Å². The summed E-state index contributed by atoms with van der Waals surface area (Å²) in [5.74, 6) is 0.303. The summed E-state index contributed by atoms with van der Waals surface area (Å²) >= 11 is 1.66. The smallest absolute Gasteiger partial charge is 0.180 e. The highest BCUT2D eigenvalue weighted by Gasteiger charge is 2.08. The van der Waals surface area contributed by atoms with Gasteiger partial charge in [0, 0.05) is 17.4 Å². The van der Waals surface area contributed by atoms with E-state index in [1.165, 1.54) is 7.11 Å². The van der Waals surface area contributed by atoms with E-state index in [9.17, 15) is 0 Å². The quantitative estimate of drug-likeness (QED) is 0.632. The van der Waals surface area contributed by atoms with Gasteiger partial charge in [-0.15, -0.1) is 0 Å². The summed E-state index contributed by atoms with van der Waals surface area (Å²) in [6.45, 7) is 0. The third-order valence-electron chi connectivity index (χ3n) is 2.40. The van der Waals surface area contributed by atoms with Crippen molar-refractivity contribution >= 4 is 17.2 Å². The van der Waals surface area contributed by atoms with Crippen LogP contribution in [-0.2, 0) is 11.2 Å². The summed E-state index contributed by atoms with van der Waals surface area (Å²) in [7, 11) is 1.53. The Morgan fingerprint density at radius 2 is 2.50 bits per heavy atom. The molecule has 0 bridgehead atoms. The predicted octanol–water partition coefficient (Wildman–Crippen LogP) is 2.69. The van der Waals surface area contributed by atoms with Gasteiger partial charge in [0.2, 0.25) is 0 Å². The van der Waals surface area contributed by atoms with E-state index in [0.717, 1.165) is 23.2 Å². The Kier molecular flexibility index (Phi) is 3.36. The van der Waals surface area contributed by atoms with Crippen molar-refractivity contribution in [2.45, 2.75) is 12.8 Å². The Morgan fingerprint density at radius 3 is 3.19 bits per heavy atom. The minimum atomic E-state index is 0.303. The number of aromatic nitrogens is 2. The van der Waals surface area contributed by atoms with Crippen LogP contribution in [0.25, 0.3) is 11.3 Å². The fourth-order valence-electron chi connectivity index (χ4n) is 1.51. The van der Waals surface area contributed by atoms with Gasteiger partial charge in [-0.3, -0.25) is 10.5 Å². The number of hydrogen-bond acceptors (Lipinski definition) is 4. The fraction of sp³-hybridized carbons (Fsp3) is 0.273. The van der Waals surface area contributed by atoms with E-state index in [4.69, 9.17) is 10.1 Å². The standard InChI is InChI=1S/C11H13N3OS/c1-15-10(12)3-2-8-6-13-14-11(8)9-4-5-16-7-9/h4-7,12H,2-3H2,1H3,(H,13,14). The molecule has 0 spiro atoms. The van der Waals surface area contributed by atoms with Crippen LogP contribution < -0.4 is 0 Å². The van der Waals surface area contributed by atoms with E-state index < -0.39 is 0 Å². The second-order valence-electron chi connectivity index (χ2n) is 3.41. The molecule has 0 unspecified atom stereocenters. The lowest BCUT2D eigenvalue weighted by molar-refractivity contribution is 0.386. The summed E-state index contributed by atoms with van der Waals surface area (Å²) in [5.41, 5.74) is 3.33. The zero-order valence-corrected chi connectivity index (χ0v) is 9.80. The number of ether oxygens (including phenoxy) is 1. The van der Waals surface area contributed by atoms with Crippen molar-refractivity contribution in [2.24, 2.45) is 0 Å². The number of aryl methyl sites for hydroxylation is 1. The highest BCUT2D eigenvalue weighted by molar-refractivity contribution is 7.08. The summed E-state index contributed by atoms with van der Waals surface area (Å²) in [6.07, 6.45) is 3.19. The molecule has 4 nitrogen and oxygen atoms in total. The molecule has 2 aromatic heterocycles. The molecule has 2 rings (SSSR count). The summed E-state index contributed by atoms with van der Waals surface area (Å²) in [6, 6.07) is 2.06. The highest BCUT2D eigenvalue weighted by Crippen LogP contribution is 2.24. The molecule has 0 aliphatic rings. The Morgan fingerprint density at radius 1 is 1.62 bits per heavy atom.